The van der Waals surface area contributed by atoms with E-state index >= 15 is 0 Å². The van der Waals surface area contributed by atoms with Gasteiger partial charge in [-0.3, -0.25) is 4.79 Å². The van der Waals surface area contributed by atoms with E-state index in [4.69, 9.17) is 10.5 Å². The molecule has 4 nitrogen and oxygen atoms in total. The number of amides is 1. The van der Waals surface area contributed by atoms with Gasteiger partial charge in [-0.05, 0) is 31.4 Å². The van der Waals surface area contributed by atoms with E-state index in [1.165, 1.54) is 0 Å². The van der Waals surface area contributed by atoms with E-state index in [0.29, 0.717) is 19.7 Å². The lowest BCUT2D eigenvalue weighted by Crippen LogP contribution is -2.45. The Morgan fingerprint density at radius 2 is 1.95 bits per heavy atom. The summed E-state index contributed by atoms with van der Waals surface area (Å²) in [4.78, 5) is 14.4. The first-order chi connectivity index (χ1) is 10.2. The Labute approximate surface area is 127 Å². The summed E-state index contributed by atoms with van der Waals surface area (Å²) in [6.45, 7) is 1.81. The third kappa shape index (κ3) is 3.97. The van der Waals surface area contributed by atoms with E-state index in [2.05, 4.69) is 0 Å². The number of hydrogen-bond donors (Lipinski definition) is 1. The third-order valence-electron chi connectivity index (χ3n) is 4.40. The second-order valence-corrected chi connectivity index (χ2v) is 5.93. The fraction of sp³-hybridized carbons (Fsp3) is 0.588. The van der Waals surface area contributed by atoms with Crippen molar-refractivity contribution < 1.29 is 9.53 Å². The van der Waals surface area contributed by atoms with Crippen molar-refractivity contribution in [3.63, 3.8) is 0 Å². The van der Waals surface area contributed by atoms with E-state index in [-0.39, 0.29) is 11.3 Å². The third-order valence-corrected chi connectivity index (χ3v) is 4.40. The van der Waals surface area contributed by atoms with Crippen LogP contribution in [0.15, 0.2) is 30.3 Å². The molecule has 1 aliphatic carbocycles. The number of ether oxygens (including phenoxy) is 1. The molecule has 1 aliphatic rings. The highest BCUT2D eigenvalue weighted by atomic mass is 16.5. The van der Waals surface area contributed by atoms with Gasteiger partial charge in [-0.1, -0.05) is 31.0 Å². The Morgan fingerprint density at radius 1 is 1.29 bits per heavy atom. The van der Waals surface area contributed by atoms with Crippen molar-refractivity contribution in [1.29, 1.82) is 0 Å². The molecule has 0 heterocycles. The number of carbonyl (C=O) groups is 1. The number of carbonyl (C=O) groups excluding carboxylic acids is 1. The van der Waals surface area contributed by atoms with Gasteiger partial charge in [0.05, 0.1) is 12.0 Å². The van der Waals surface area contributed by atoms with Crippen LogP contribution < -0.4 is 10.5 Å². The summed E-state index contributed by atoms with van der Waals surface area (Å²) in [5, 5.41) is 0. The Bertz CT molecular complexity index is 441. The molecule has 4 heteroatoms. The Morgan fingerprint density at radius 3 is 2.57 bits per heavy atom. The molecule has 0 aromatic heterocycles. The molecule has 1 fully saturated rings. The molecule has 1 aromatic carbocycles. The highest BCUT2D eigenvalue weighted by molar-refractivity contribution is 5.83. The van der Waals surface area contributed by atoms with Crippen molar-refractivity contribution in [2.45, 2.75) is 32.1 Å². The predicted octanol–water partition coefficient (Wildman–Crippen LogP) is 2.43. The van der Waals surface area contributed by atoms with Gasteiger partial charge in [0.1, 0.15) is 5.75 Å². The van der Waals surface area contributed by atoms with Crippen LogP contribution in [0, 0.1) is 5.41 Å². The Kier molecular flexibility index (Phi) is 5.62. The normalized spacial score (nSPS) is 16.7. The summed E-state index contributed by atoms with van der Waals surface area (Å²) in [5.74, 6) is 1.09. The fourth-order valence-electron chi connectivity index (χ4n) is 3.07. The van der Waals surface area contributed by atoms with Crippen molar-refractivity contribution in [3.8, 4) is 5.75 Å². The van der Waals surface area contributed by atoms with Gasteiger partial charge in [-0.2, -0.15) is 0 Å². The number of hydrogen-bond acceptors (Lipinski definition) is 3. The molecular formula is C17H26N2O2. The minimum absolute atomic E-state index is 0.210. The Balaban J connectivity index is 1.74. The highest BCUT2D eigenvalue weighted by Crippen LogP contribution is 2.38. The number of para-hydroxylation sites is 1. The zero-order valence-electron chi connectivity index (χ0n) is 12.9. The summed E-state index contributed by atoms with van der Waals surface area (Å²) in [6, 6.07) is 9.76. The number of benzene rings is 1. The van der Waals surface area contributed by atoms with E-state index in [1.807, 2.05) is 42.3 Å². The maximum Gasteiger partial charge on any atom is 0.229 e. The average molecular weight is 290 g/mol. The molecule has 116 valence electrons. The van der Waals surface area contributed by atoms with Crippen molar-refractivity contribution in [2.24, 2.45) is 11.1 Å². The van der Waals surface area contributed by atoms with Crippen LogP contribution in [0.3, 0.4) is 0 Å². The zero-order valence-corrected chi connectivity index (χ0v) is 12.9. The molecule has 0 radical (unpaired) electrons. The van der Waals surface area contributed by atoms with Crippen LogP contribution >= 0.6 is 0 Å². The summed E-state index contributed by atoms with van der Waals surface area (Å²) >= 11 is 0. The van der Waals surface area contributed by atoms with Crippen molar-refractivity contribution in [2.75, 3.05) is 26.7 Å². The molecule has 0 unspecified atom stereocenters. The molecule has 2 rings (SSSR count). The van der Waals surface area contributed by atoms with Gasteiger partial charge in [0, 0.05) is 20.1 Å². The molecule has 0 saturated heterocycles. The molecule has 0 spiro atoms. The van der Waals surface area contributed by atoms with E-state index < -0.39 is 0 Å². The lowest BCUT2D eigenvalue weighted by atomic mass is 9.85. The van der Waals surface area contributed by atoms with Gasteiger partial charge >= 0.3 is 0 Å². The van der Waals surface area contributed by atoms with Crippen LogP contribution in [0.25, 0.3) is 0 Å². The SMILES string of the molecule is CN(CCCOc1ccccc1)C(=O)C1(CN)CCCC1. The number of nitrogens with two attached hydrogens (primary N) is 1. The number of nitrogens with zero attached hydrogens (tertiary/aromatic N) is 1. The molecule has 2 N–H and O–H groups in total. The minimum atomic E-state index is -0.297. The first-order valence-electron chi connectivity index (χ1n) is 7.81. The van der Waals surface area contributed by atoms with E-state index in [1.54, 1.807) is 0 Å². The molecule has 1 saturated carbocycles. The molecule has 0 aliphatic heterocycles. The predicted molar refractivity (Wildman–Crippen MR) is 84.1 cm³/mol. The number of rotatable bonds is 7. The van der Waals surface area contributed by atoms with Gasteiger partial charge in [0.2, 0.25) is 5.91 Å². The van der Waals surface area contributed by atoms with Gasteiger partial charge in [0.15, 0.2) is 0 Å². The van der Waals surface area contributed by atoms with Gasteiger partial charge < -0.3 is 15.4 Å². The molecular weight excluding hydrogens is 264 g/mol. The van der Waals surface area contributed by atoms with Crippen LogP contribution in [0.5, 0.6) is 5.75 Å². The zero-order chi connectivity index (χ0) is 15.1. The molecule has 21 heavy (non-hydrogen) atoms. The maximum absolute atomic E-state index is 12.6. The van der Waals surface area contributed by atoms with Crippen LogP contribution in [0.4, 0.5) is 0 Å². The van der Waals surface area contributed by atoms with E-state index in [9.17, 15) is 4.79 Å². The lowest BCUT2D eigenvalue weighted by molar-refractivity contribution is -0.140. The summed E-state index contributed by atoms with van der Waals surface area (Å²) in [6.07, 6.45) is 4.94. The monoisotopic (exact) mass is 290 g/mol. The molecule has 1 amide bonds. The van der Waals surface area contributed by atoms with Crippen LogP contribution in [0.2, 0.25) is 0 Å². The molecule has 0 atom stereocenters. The van der Waals surface area contributed by atoms with Gasteiger partial charge in [0.25, 0.3) is 0 Å². The van der Waals surface area contributed by atoms with Gasteiger partial charge in [-0.15, -0.1) is 0 Å². The quantitative estimate of drug-likeness (QED) is 0.785. The largest absolute Gasteiger partial charge is 0.494 e. The average Bonchev–Trinajstić information content (AvgIpc) is 3.02. The van der Waals surface area contributed by atoms with Crippen LogP contribution in [-0.2, 0) is 4.79 Å². The smallest absolute Gasteiger partial charge is 0.229 e. The maximum atomic E-state index is 12.6. The van der Waals surface area contributed by atoms with Crippen molar-refractivity contribution >= 4 is 5.91 Å². The Hall–Kier alpha value is -1.55. The second-order valence-electron chi connectivity index (χ2n) is 5.93. The van der Waals surface area contributed by atoms with Crippen LogP contribution in [-0.4, -0.2) is 37.6 Å². The fourth-order valence-corrected chi connectivity index (χ4v) is 3.07. The van der Waals surface area contributed by atoms with Crippen molar-refractivity contribution in [1.82, 2.24) is 4.90 Å². The lowest BCUT2D eigenvalue weighted by Gasteiger charge is -2.31. The summed E-state index contributed by atoms with van der Waals surface area (Å²) in [7, 11) is 1.88. The minimum Gasteiger partial charge on any atom is -0.494 e. The van der Waals surface area contributed by atoms with Crippen molar-refractivity contribution in [3.05, 3.63) is 30.3 Å². The topological polar surface area (TPSA) is 55.6 Å². The standard InChI is InChI=1S/C17H26N2O2/c1-19(16(20)17(14-18)10-5-6-11-17)12-7-13-21-15-8-3-2-4-9-15/h2-4,8-9H,5-7,10-14,18H2,1H3. The van der Waals surface area contributed by atoms with Crippen LogP contribution in [0.1, 0.15) is 32.1 Å². The van der Waals surface area contributed by atoms with E-state index in [0.717, 1.165) is 37.9 Å². The first kappa shape index (κ1) is 15.8. The van der Waals surface area contributed by atoms with Gasteiger partial charge in [-0.25, -0.2) is 0 Å². The second kappa shape index (κ2) is 7.46. The first-order valence-corrected chi connectivity index (χ1v) is 7.81. The molecule has 0 bridgehead atoms. The summed E-state index contributed by atoms with van der Waals surface area (Å²) < 4.78 is 5.65. The molecule has 1 aromatic rings. The highest BCUT2D eigenvalue weighted by Gasteiger charge is 2.41. The summed E-state index contributed by atoms with van der Waals surface area (Å²) in [5.41, 5.74) is 5.57.